The van der Waals surface area contributed by atoms with Crippen LogP contribution in [0.15, 0.2) is 42.5 Å². The first-order valence-electron chi connectivity index (χ1n) is 9.88. The van der Waals surface area contributed by atoms with E-state index in [0.29, 0.717) is 30.0 Å². The number of benzene rings is 2. The van der Waals surface area contributed by atoms with Gasteiger partial charge < -0.3 is 15.4 Å². The van der Waals surface area contributed by atoms with Crippen molar-refractivity contribution in [2.75, 3.05) is 11.9 Å². The number of rotatable bonds is 9. The Labute approximate surface area is 167 Å². The van der Waals surface area contributed by atoms with E-state index in [1.54, 1.807) is 24.3 Å². The molecule has 2 aromatic rings. The lowest BCUT2D eigenvalue weighted by molar-refractivity contribution is -0.122. The largest absolute Gasteiger partial charge is 0.481 e. The van der Waals surface area contributed by atoms with Crippen LogP contribution in [0.1, 0.15) is 54.6 Å². The van der Waals surface area contributed by atoms with E-state index in [9.17, 15) is 9.59 Å². The Morgan fingerprint density at radius 1 is 1.04 bits per heavy atom. The molecule has 0 heterocycles. The van der Waals surface area contributed by atoms with Gasteiger partial charge in [-0.25, -0.2) is 0 Å². The van der Waals surface area contributed by atoms with Crippen molar-refractivity contribution in [2.24, 2.45) is 0 Å². The molecule has 5 heteroatoms. The van der Waals surface area contributed by atoms with E-state index in [2.05, 4.69) is 17.6 Å². The molecule has 2 N–H and O–H groups in total. The second kappa shape index (κ2) is 10.5. The average molecular weight is 383 g/mol. The van der Waals surface area contributed by atoms with Crippen molar-refractivity contribution >= 4 is 17.5 Å². The van der Waals surface area contributed by atoms with Gasteiger partial charge in [0.1, 0.15) is 5.75 Å². The SMILES string of the molecule is CCCCNC(=O)c1ccccc1NC(=O)[C@@H](CC)Oc1ccc(C)c(C)c1. The van der Waals surface area contributed by atoms with Gasteiger partial charge in [0.2, 0.25) is 0 Å². The number of amides is 2. The zero-order valence-corrected chi connectivity index (χ0v) is 17.2. The third-order valence-electron chi connectivity index (χ3n) is 4.67. The first-order valence-corrected chi connectivity index (χ1v) is 9.88. The summed E-state index contributed by atoms with van der Waals surface area (Å²) in [7, 11) is 0. The van der Waals surface area contributed by atoms with E-state index in [-0.39, 0.29) is 11.8 Å². The van der Waals surface area contributed by atoms with Crippen molar-refractivity contribution < 1.29 is 14.3 Å². The fraction of sp³-hybridized carbons (Fsp3) is 0.391. The second-order valence-electron chi connectivity index (χ2n) is 6.91. The molecule has 0 spiro atoms. The zero-order valence-electron chi connectivity index (χ0n) is 17.2. The topological polar surface area (TPSA) is 67.4 Å². The fourth-order valence-corrected chi connectivity index (χ4v) is 2.75. The molecular formula is C23H30N2O3. The highest BCUT2D eigenvalue weighted by Crippen LogP contribution is 2.20. The van der Waals surface area contributed by atoms with Crippen molar-refractivity contribution in [3.8, 4) is 5.75 Å². The Balaban J connectivity index is 2.09. The number of ether oxygens (including phenoxy) is 1. The van der Waals surface area contributed by atoms with Crippen LogP contribution >= 0.6 is 0 Å². The minimum absolute atomic E-state index is 0.188. The number of carbonyl (C=O) groups excluding carboxylic acids is 2. The van der Waals surface area contributed by atoms with Gasteiger partial charge in [0, 0.05) is 6.54 Å². The predicted octanol–water partition coefficient (Wildman–Crippen LogP) is 4.63. The third kappa shape index (κ3) is 5.84. The monoisotopic (exact) mass is 382 g/mol. The Bertz CT molecular complexity index is 817. The van der Waals surface area contributed by atoms with Crippen LogP contribution in [0.3, 0.4) is 0 Å². The molecule has 2 aromatic carbocycles. The summed E-state index contributed by atoms with van der Waals surface area (Å²) in [6.45, 7) is 8.63. The molecule has 0 saturated heterocycles. The second-order valence-corrected chi connectivity index (χ2v) is 6.91. The first kappa shape index (κ1) is 21.5. The van der Waals surface area contributed by atoms with Gasteiger partial charge in [-0.2, -0.15) is 0 Å². The summed E-state index contributed by atoms with van der Waals surface area (Å²) < 4.78 is 5.90. The summed E-state index contributed by atoms with van der Waals surface area (Å²) in [5.74, 6) is 0.206. The Hall–Kier alpha value is -2.82. The number of hydrogen-bond acceptors (Lipinski definition) is 3. The van der Waals surface area contributed by atoms with Gasteiger partial charge in [-0.15, -0.1) is 0 Å². The van der Waals surface area contributed by atoms with Gasteiger partial charge in [0.25, 0.3) is 11.8 Å². The van der Waals surface area contributed by atoms with Crippen LogP contribution < -0.4 is 15.4 Å². The average Bonchev–Trinajstić information content (AvgIpc) is 2.69. The highest BCUT2D eigenvalue weighted by molar-refractivity contribution is 6.04. The van der Waals surface area contributed by atoms with Gasteiger partial charge in [-0.3, -0.25) is 9.59 Å². The highest BCUT2D eigenvalue weighted by Gasteiger charge is 2.21. The maximum absolute atomic E-state index is 12.8. The molecule has 1 atom stereocenters. The van der Waals surface area contributed by atoms with Gasteiger partial charge in [-0.05, 0) is 62.1 Å². The van der Waals surface area contributed by atoms with E-state index in [1.165, 1.54) is 5.56 Å². The first-order chi connectivity index (χ1) is 13.5. The van der Waals surface area contributed by atoms with Gasteiger partial charge in [0.15, 0.2) is 6.10 Å². The minimum atomic E-state index is -0.640. The maximum Gasteiger partial charge on any atom is 0.265 e. The van der Waals surface area contributed by atoms with Crippen molar-refractivity contribution in [1.82, 2.24) is 5.32 Å². The molecule has 0 aromatic heterocycles. The van der Waals surface area contributed by atoms with Crippen LogP contribution in [0.5, 0.6) is 5.75 Å². The van der Waals surface area contributed by atoms with Crippen molar-refractivity contribution in [3.05, 3.63) is 59.2 Å². The Kier molecular flexibility index (Phi) is 8.05. The number of hydrogen-bond donors (Lipinski definition) is 2. The number of para-hydroxylation sites is 1. The van der Waals surface area contributed by atoms with Gasteiger partial charge >= 0.3 is 0 Å². The number of unbranched alkanes of at least 4 members (excludes halogenated alkanes) is 1. The third-order valence-corrected chi connectivity index (χ3v) is 4.67. The van der Waals surface area contributed by atoms with E-state index < -0.39 is 6.10 Å². The summed E-state index contributed by atoms with van der Waals surface area (Å²) in [5, 5.41) is 5.74. The quantitative estimate of drug-likeness (QED) is 0.621. The van der Waals surface area contributed by atoms with Crippen LogP contribution in [-0.4, -0.2) is 24.5 Å². The molecule has 28 heavy (non-hydrogen) atoms. The molecule has 0 fully saturated rings. The van der Waals surface area contributed by atoms with Crippen LogP contribution in [0.2, 0.25) is 0 Å². The van der Waals surface area contributed by atoms with Crippen LogP contribution in [0.4, 0.5) is 5.69 Å². The molecule has 0 aliphatic heterocycles. The molecule has 5 nitrogen and oxygen atoms in total. The fourth-order valence-electron chi connectivity index (χ4n) is 2.75. The van der Waals surface area contributed by atoms with Crippen molar-refractivity contribution in [3.63, 3.8) is 0 Å². The predicted molar refractivity (Wildman–Crippen MR) is 113 cm³/mol. The Morgan fingerprint density at radius 2 is 1.79 bits per heavy atom. The van der Waals surface area contributed by atoms with E-state index in [4.69, 9.17) is 4.74 Å². The van der Waals surface area contributed by atoms with Crippen molar-refractivity contribution in [1.29, 1.82) is 0 Å². The molecule has 150 valence electrons. The Morgan fingerprint density at radius 3 is 2.46 bits per heavy atom. The molecule has 0 saturated carbocycles. The number of carbonyl (C=O) groups is 2. The van der Waals surface area contributed by atoms with Crippen LogP contribution in [0.25, 0.3) is 0 Å². The minimum Gasteiger partial charge on any atom is -0.481 e. The molecular weight excluding hydrogens is 352 g/mol. The molecule has 0 bridgehead atoms. The molecule has 0 aliphatic rings. The molecule has 0 aliphatic carbocycles. The van der Waals surface area contributed by atoms with Gasteiger partial charge in [-0.1, -0.05) is 38.5 Å². The zero-order chi connectivity index (χ0) is 20.5. The number of aryl methyl sites for hydroxylation is 2. The van der Waals surface area contributed by atoms with Gasteiger partial charge in [0.05, 0.1) is 11.3 Å². The van der Waals surface area contributed by atoms with E-state index >= 15 is 0 Å². The smallest absolute Gasteiger partial charge is 0.265 e. The van der Waals surface area contributed by atoms with E-state index in [0.717, 1.165) is 18.4 Å². The molecule has 2 rings (SSSR count). The van der Waals surface area contributed by atoms with Crippen molar-refractivity contribution in [2.45, 2.75) is 53.1 Å². The maximum atomic E-state index is 12.8. The lowest BCUT2D eigenvalue weighted by Gasteiger charge is -2.19. The van der Waals surface area contributed by atoms with E-state index in [1.807, 2.05) is 39.0 Å². The summed E-state index contributed by atoms with van der Waals surface area (Å²) in [5.41, 5.74) is 3.23. The molecule has 0 unspecified atom stereocenters. The summed E-state index contributed by atoms with van der Waals surface area (Å²) in [4.78, 5) is 25.2. The number of nitrogens with one attached hydrogen (secondary N) is 2. The molecule has 0 radical (unpaired) electrons. The summed E-state index contributed by atoms with van der Waals surface area (Å²) in [6.07, 6.45) is 1.80. The van der Waals surface area contributed by atoms with Crippen LogP contribution in [-0.2, 0) is 4.79 Å². The highest BCUT2D eigenvalue weighted by atomic mass is 16.5. The number of anilines is 1. The lowest BCUT2D eigenvalue weighted by Crippen LogP contribution is -2.33. The summed E-state index contributed by atoms with van der Waals surface area (Å²) in [6, 6.07) is 12.8. The normalized spacial score (nSPS) is 11.6. The summed E-state index contributed by atoms with van der Waals surface area (Å²) >= 11 is 0. The lowest BCUT2D eigenvalue weighted by atomic mass is 10.1. The standard InChI is InChI=1S/C23H30N2O3/c1-5-7-14-24-22(26)19-10-8-9-11-20(19)25-23(27)21(6-2)28-18-13-12-16(3)17(4)15-18/h8-13,15,21H,5-7,14H2,1-4H3,(H,24,26)(H,25,27)/t21-/m1/s1. The molecule has 2 amide bonds. The van der Waals surface area contributed by atoms with Crippen LogP contribution in [0, 0.1) is 13.8 Å².